The molecule has 4 nitrogen and oxygen atoms in total. The maximum atomic E-state index is 11.6. The number of halogens is 1. The fraction of sp³-hybridized carbons (Fsp3) is 0.214. The van der Waals surface area contributed by atoms with Crippen LogP contribution in [0.25, 0.3) is 0 Å². The second-order valence-electron chi connectivity index (χ2n) is 3.96. The number of carbonyl (C=O) groups is 1. The van der Waals surface area contributed by atoms with Crippen LogP contribution in [0.2, 0.25) is 5.02 Å². The van der Waals surface area contributed by atoms with Gasteiger partial charge in [0.2, 0.25) is 0 Å². The first-order chi connectivity index (χ1) is 9.70. The van der Waals surface area contributed by atoms with Gasteiger partial charge in [-0.1, -0.05) is 23.7 Å². The van der Waals surface area contributed by atoms with Crippen molar-refractivity contribution in [1.82, 2.24) is 5.32 Å². The number of hydrogen-bond acceptors (Lipinski definition) is 4. The van der Waals surface area contributed by atoms with Crippen molar-refractivity contribution in [2.75, 3.05) is 12.3 Å². The van der Waals surface area contributed by atoms with Crippen molar-refractivity contribution < 1.29 is 13.9 Å². The molecular weight excluding hydrogens is 298 g/mol. The molecule has 0 radical (unpaired) electrons. The van der Waals surface area contributed by atoms with Gasteiger partial charge in [-0.15, -0.1) is 0 Å². The highest BCUT2D eigenvalue weighted by atomic mass is 35.5. The van der Waals surface area contributed by atoms with Crippen molar-refractivity contribution in [2.45, 2.75) is 6.61 Å². The quantitative estimate of drug-likeness (QED) is 0.806. The van der Waals surface area contributed by atoms with Crippen molar-refractivity contribution >= 4 is 30.1 Å². The Hall–Kier alpha value is -1.59. The zero-order valence-electron chi connectivity index (χ0n) is 10.6. The Balaban J connectivity index is 1.93. The van der Waals surface area contributed by atoms with Gasteiger partial charge in [0.05, 0.1) is 5.02 Å². The number of para-hydroxylation sites is 1. The summed E-state index contributed by atoms with van der Waals surface area (Å²) in [7, 11) is 0. The molecule has 0 aliphatic carbocycles. The second kappa shape index (κ2) is 7.26. The Bertz CT molecular complexity index is 585. The molecule has 2 aromatic rings. The topological polar surface area (TPSA) is 51.5 Å². The Morgan fingerprint density at radius 3 is 2.85 bits per heavy atom. The van der Waals surface area contributed by atoms with Crippen molar-refractivity contribution in [2.24, 2.45) is 0 Å². The molecule has 0 spiro atoms. The van der Waals surface area contributed by atoms with E-state index in [1.807, 2.05) is 12.1 Å². The summed E-state index contributed by atoms with van der Waals surface area (Å²) in [5.74, 6) is 1.70. The third-order valence-corrected chi connectivity index (χ3v) is 3.03. The number of thiol groups is 1. The molecule has 0 aliphatic heterocycles. The molecule has 106 valence electrons. The number of furan rings is 1. The Morgan fingerprint density at radius 1 is 1.30 bits per heavy atom. The van der Waals surface area contributed by atoms with Gasteiger partial charge >= 0.3 is 0 Å². The smallest absolute Gasteiger partial charge is 0.287 e. The van der Waals surface area contributed by atoms with E-state index < -0.39 is 0 Å². The standard InChI is InChI=1S/C14H14ClNO3S/c15-11-3-1-2-4-12(11)18-9-10-5-6-13(19-10)14(17)16-7-8-20/h1-6,20H,7-9H2,(H,16,17). The molecule has 0 bridgehead atoms. The molecule has 0 saturated heterocycles. The van der Waals surface area contributed by atoms with Gasteiger partial charge in [-0.3, -0.25) is 4.79 Å². The van der Waals surface area contributed by atoms with E-state index in [0.29, 0.717) is 28.8 Å². The Labute approximate surface area is 127 Å². The van der Waals surface area contributed by atoms with Gasteiger partial charge in [-0.05, 0) is 24.3 Å². The monoisotopic (exact) mass is 311 g/mol. The van der Waals surface area contributed by atoms with E-state index in [1.54, 1.807) is 24.3 Å². The van der Waals surface area contributed by atoms with Gasteiger partial charge in [-0.2, -0.15) is 12.6 Å². The van der Waals surface area contributed by atoms with Gasteiger partial charge in [0.15, 0.2) is 5.76 Å². The fourth-order valence-electron chi connectivity index (χ4n) is 1.54. The van der Waals surface area contributed by atoms with Crippen LogP contribution in [0, 0.1) is 0 Å². The van der Waals surface area contributed by atoms with Gasteiger partial charge in [0, 0.05) is 12.3 Å². The number of amides is 1. The predicted octanol–water partition coefficient (Wildman–Crippen LogP) is 3.17. The van der Waals surface area contributed by atoms with Crippen LogP contribution in [-0.2, 0) is 6.61 Å². The third-order valence-electron chi connectivity index (χ3n) is 2.49. The predicted molar refractivity (Wildman–Crippen MR) is 80.7 cm³/mol. The maximum Gasteiger partial charge on any atom is 0.287 e. The average molecular weight is 312 g/mol. The van der Waals surface area contributed by atoms with Crippen LogP contribution >= 0.6 is 24.2 Å². The van der Waals surface area contributed by atoms with Crippen LogP contribution in [-0.4, -0.2) is 18.2 Å². The highest BCUT2D eigenvalue weighted by Gasteiger charge is 2.11. The molecule has 1 aromatic carbocycles. The molecule has 6 heteroatoms. The highest BCUT2D eigenvalue weighted by molar-refractivity contribution is 7.80. The first-order valence-electron chi connectivity index (χ1n) is 6.06. The van der Waals surface area contributed by atoms with Crippen molar-refractivity contribution in [3.8, 4) is 5.75 Å². The average Bonchev–Trinajstić information content (AvgIpc) is 2.93. The lowest BCUT2D eigenvalue weighted by Gasteiger charge is -2.05. The van der Waals surface area contributed by atoms with Crippen molar-refractivity contribution in [3.63, 3.8) is 0 Å². The highest BCUT2D eigenvalue weighted by Crippen LogP contribution is 2.24. The van der Waals surface area contributed by atoms with E-state index in [0.717, 1.165) is 0 Å². The molecule has 20 heavy (non-hydrogen) atoms. The number of ether oxygens (including phenoxy) is 1. The minimum absolute atomic E-state index is 0.212. The number of nitrogens with one attached hydrogen (secondary N) is 1. The first-order valence-corrected chi connectivity index (χ1v) is 7.07. The van der Waals surface area contributed by atoms with Gasteiger partial charge in [0.25, 0.3) is 5.91 Å². The summed E-state index contributed by atoms with van der Waals surface area (Å²) in [4.78, 5) is 11.6. The zero-order chi connectivity index (χ0) is 14.4. The van der Waals surface area contributed by atoms with Crippen LogP contribution in [0.3, 0.4) is 0 Å². The molecule has 0 saturated carbocycles. The van der Waals surface area contributed by atoms with Crippen molar-refractivity contribution in [3.05, 3.63) is 52.9 Å². The van der Waals surface area contributed by atoms with Gasteiger partial charge in [0.1, 0.15) is 18.1 Å². The summed E-state index contributed by atoms with van der Waals surface area (Å²) >= 11 is 9.99. The number of hydrogen-bond donors (Lipinski definition) is 2. The molecule has 1 N–H and O–H groups in total. The number of benzene rings is 1. The summed E-state index contributed by atoms with van der Waals surface area (Å²) in [6, 6.07) is 10.5. The van der Waals surface area contributed by atoms with E-state index in [-0.39, 0.29) is 18.3 Å². The van der Waals surface area contributed by atoms with Crippen LogP contribution in [0.5, 0.6) is 5.75 Å². The fourth-order valence-corrected chi connectivity index (χ4v) is 1.85. The van der Waals surface area contributed by atoms with E-state index >= 15 is 0 Å². The Kier molecular flexibility index (Phi) is 5.38. The molecule has 0 atom stereocenters. The van der Waals surface area contributed by atoms with Crippen LogP contribution in [0.1, 0.15) is 16.3 Å². The largest absolute Gasteiger partial charge is 0.484 e. The number of carbonyl (C=O) groups excluding carboxylic acids is 1. The SMILES string of the molecule is O=C(NCCS)c1ccc(COc2ccccc2Cl)o1. The van der Waals surface area contributed by atoms with Crippen LogP contribution < -0.4 is 10.1 Å². The molecule has 1 amide bonds. The molecule has 1 heterocycles. The summed E-state index contributed by atoms with van der Waals surface area (Å²) in [6.07, 6.45) is 0. The van der Waals surface area contributed by atoms with Crippen molar-refractivity contribution in [1.29, 1.82) is 0 Å². The lowest BCUT2D eigenvalue weighted by atomic mass is 10.3. The summed E-state index contributed by atoms with van der Waals surface area (Å²) in [6.45, 7) is 0.706. The zero-order valence-corrected chi connectivity index (χ0v) is 12.3. The normalized spacial score (nSPS) is 10.3. The minimum Gasteiger partial charge on any atom is -0.484 e. The summed E-state index contributed by atoms with van der Waals surface area (Å²) in [5, 5.41) is 3.21. The van der Waals surface area contributed by atoms with E-state index in [2.05, 4.69) is 17.9 Å². The minimum atomic E-state index is -0.261. The van der Waals surface area contributed by atoms with Crippen LogP contribution in [0.4, 0.5) is 0 Å². The third kappa shape index (κ3) is 3.95. The van der Waals surface area contributed by atoms with E-state index in [1.165, 1.54) is 0 Å². The summed E-state index contributed by atoms with van der Waals surface area (Å²) < 4.78 is 10.9. The lowest BCUT2D eigenvalue weighted by molar-refractivity contribution is 0.0924. The van der Waals surface area contributed by atoms with E-state index in [4.69, 9.17) is 20.8 Å². The Morgan fingerprint density at radius 2 is 2.10 bits per heavy atom. The second-order valence-corrected chi connectivity index (χ2v) is 4.82. The molecule has 0 fully saturated rings. The van der Waals surface area contributed by atoms with Crippen LogP contribution in [0.15, 0.2) is 40.8 Å². The van der Waals surface area contributed by atoms with E-state index in [9.17, 15) is 4.79 Å². The van der Waals surface area contributed by atoms with Gasteiger partial charge in [-0.25, -0.2) is 0 Å². The molecule has 0 aliphatic rings. The molecule has 0 unspecified atom stereocenters. The lowest BCUT2D eigenvalue weighted by Crippen LogP contribution is -2.24. The summed E-state index contributed by atoms with van der Waals surface area (Å²) in [5.41, 5.74) is 0. The van der Waals surface area contributed by atoms with Gasteiger partial charge < -0.3 is 14.5 Å². The first kappa shape index (κ1) is 14.8. The maximum absolute atomic E-state index is 11.6. The molecule has 2 rings (SSSR count). The molecule has 1 aromatic heterocycles. The molecular formula is C14H14ClNO3S. The number of rotatable bonds is 6.